The molecule has 4 rings (SSSR count). The molecule has 0 saturated carbocycles. The van der Waals surface area contributed by atoms with Crippen LogP contribution in [-0.4, -0.2) is 36.8 Å². The maximum atomic E-state index is 12.6. The number of halogens is 2. The Labute approximate surface area is 160 Å². The lowest BCUT2D eigenvalue weighted by Gasteiger charge is -2.34. The van der Waals surface area contributed by atoms with Crippen LogP contribution in [0.1, 0.15) is 18.9 Å². The molecule has 1 fully saturated rings. The van der Waals surface area contributed by atoms with Crippen molar-refractivity contribution < 1.29 is 17.2 Å². The maximum Gasteiger partial charge on any atom is 0.341 e. The van der Waals surface area contributed by atoms with Crippen molar-refractivity contribution in [3.8, 4) is 0 Å². The zero-order valence-electron chi connectivity index (χ0n) is 14.9. The Kier molecular flexibility index (Phi) is 4.70. The molecular weight excluding hydrogens is 388 g/mol. The van der Waals surface area contributed by atoms with Crippen LogP contribution in [0.15, 0.2) is 58.2 Å². The van der Waals surface area contributed by atoms with E-state index >= 15 is 0 Å². The number of nitrogens with zero attached hydrogens (tertiary/aromatic N) is 2. The second kappa shape index (κ2) is 7.05. The Morgan fingerprint density at radius 2 is 1.64 bits per heavy atom. The van der Waals surface area contributed by atoms with E-state index in [-0.39, 0.29) is 16.6 Å². The first-order valence-corrected chi connectivity index (χ1v) is 10.5. The maximum absolute atomic E-state index is 12.6. The summed E-state index contributed by atoms with van der Waals surface area (Å²) in [5.74, 6) is -3.43. The first-order chi connectivity index (χ1) is 13.4. The van der Waals surface area contributed by atoms with Crippen LogP contribution in [0.2, 0.25) is 0 Å². The lowest BCUT2D eigenvalue weighted by atomic mass is 10.0. The Morgan fingerprint density at radius 3 is 2.29 bits per heavy atom. The van der Waals surface area contributed by atoms with Gasteiger partial charge in [-0.15, -0.1) is 0 Å². The number of piperidine rings is 1. The van der Waals surface area contributed by atoms with Gasteiger partial charge in [0.25, 0.3) is 0 Å². The van der Waals surface area contributed by atoms with E-state index < -0.39 is 15.6 Å². The molecule has 6 nitrogen and oxygen atoms in total. The number of imidazole rings is 1. The Balaban J connectivity index is 1.50. The smallest absolute Gasteiger partial charge is 0.341 e. The molecule has 0 radical (unpaired) electrons. The van der Waals surface area contributed by atoms with E-state index in [9.17, 15) is 22.0 Å². The molecule has 0 unspecified atom stereocenters. The minimum atomic E-state index is -4.58. The normalized spacial score (nSPS) is 16.2. The van der Waals surface area contributed by atoms with E-state index in [1.165, 1.54) is 12.1 Å². The van der Waals surface area contributed by atoms with Gasteiger partial charge in [0, 0.05) is 24.8 Å². The molecule has 148 valence electrons. The Hall–Kier alpha value is -2.68. The van der Waals surface area contributed by atoms with Gasteiger partial charge in [-0.1, -0.05) is 12.1 Å². The van der Waals surface area contributed by atoms with E-state index in [1.807, 2.05) is 24.3 Å². The molecule has 0 atom stereocenters. The average Bonchev–Trinajstić information content (AvgIpc) is 3.04. The highest BCUT2D eigenvalue weighted by molar-refractivity contribution is 7.91. The largest absolute Gasteiger partial charge is 0.371 e. The van der Waals surface area contributed by atoms with Gasteiger partial charge < -0.3 is 9.88 Å². The van der Waals surface area contributed by atoms with Crippen LogP contribution in [0.4, 0.5) is 14.5 Å². The molecule has 3 aromatic rings. The fourth-order valence-corrected chi connectivity index (χ4v) is 4.49. The number of rotatable bonds is 4. The van der Waals surface area contributed by atoms with Gasteiger partial charge in [-0.05, 0) is 49.2 Å². The Bertz CT molecular complexity index is 1150. The minimum Gasteiger partial charge on any atom is -0.371 e. The number of anilines is 1. The number of nitrogens with one attached hydrogen (secondary N) is 1. The highest BCUT2D eigenvalue weighted by Gasteiger charge is 2.27. The predicted molar refractivity (Wildman–Crippen MR) is 103 cm³/mol. The summed E-state index contributed by atoms with van der Waals surface area (Å²) >= 11 is 0. The first-order valence-electron chi connectivity index (χ1n) is 8.94. The van der Waals surface area contributed by atoms with E-state index in [2.05, 4.69) is 9.88 Å². The summed E-state index contributed by atoms with van der Waals surface area (Å²) < 4.78 is 50.2. The number of hydrogen-bond acceptors (Lipinski definition) is 4. The second-order valence-electron chi connectivity index (χ2n) is 6.84. The SMILES string of the molecule is O=c1[nH]c2ccccc2n1C1CCN(c2ccc(S(=O)(=O)C(F)F)cc2)CC1. The van der Waals surface area contributed by atoms with Crippen molar-refractivity contribution in [2.75, 3.05) is 18.0 Å². The van der Waals surface area contributed by atoms with Crippen molar-refractivity contribution in [1.82, 2.24) is 9.55 Å². The fraction of sp³-hybridized carbons (Fsp3) is 0.316. The van der Waals surface area contributed by atoms with E-state index in [0.717, 1.165) is 29.6 Å². The molecule has 9 heteroatoms. The molecule has 2 heterocycles. The van der Waals surface area contributed by atoms with Crippen LogP contribution in [0, 0.1) is 0 Å². The number of hydrogen-bond donors (Lipinski definition) is 1. The molecule has 1 aliphatic heterocycles. The third-order valence-corrected chi connectivity index (χ3v) is 6.62. The molecule has 1 N–H and O–H groups in total. The van der Waals surface area contributed by atoms with Gasteiger partial charge >= 0.3 is 11.4 Å². The zero-order chi connectivity index (χ0) is 19.9. The monoisotopic (exact) mass is 407 g/mol. The fourth-order valence-electron chi connectivity index (χ4n) is 3.77. The highest BCUT2D eigenvalue weighted by atomic mass is 32.2. The quantitative estimate of drug-likeness (QED) is 0.721. The summed E-state index contributed by atoms with van der Waals surface area (Å²) in [5, 5.41) is 0. The number of aromatic nitrogens is 2. The van der Waals surface area contributed by atoms with Crippen molar-refractivity contribution in [3.05, 3.63) is 59.0 Å². The molecular formula is C19H19F2N3O3S. The van der Waals surface area contributed by atoms with Crippen molar-refractivity contribution in [2.24, 2.45) is 0 Å². The topological polar surface area (TPSA) is 75.2 Å². The van der Waals surface area contributed by atoms with E-state index in [1.54, 1.807) is 16.7 Å². The second-order valence-corrected chi connectivity index (χ2v) is 8.75. The van der Waals surface area contributed by atoms with Gasteiger partial charge in [0.05, 0.1) is 15.9 Å². The van der Waals surface area contributed by atoms with Crippen molar-refractivity contribution in [2.45, 2.75) is 29.5 Å². The lowest BCUT2D eigenvalue weighted by Crippen LogP contribution is -2.37. The van der Waals surface area contributed by atoms with Crippen LogP contribution >= 0.6 is 0 Å². The number of benzene rings is 2. The van der Waals surface area contributed by atoms with Crippen molar-refractivity contribution in [1.29, 1.82) is 0 Å². The van der Waals surface area contributed by atoms with Crippen molar-refractivity contribution in [3.63, 3.8) is 0 Å². The van der Waals surface area contributed by atoms with Crippen LogP contribution in [0.5, 0.6) is 0 Å². The summed E-state index contributed by atoms with van der Waals surface area (Å²) in [6, 6.07) is 13.2. The molecule has 0 bridgehead atoms. The number of aromatic amines is 1. The Morgan fingerprint density at radius 1 is 1.00 bits per heavy atom. The van der Waals surface area contributed by atoms with Gasteiger partial charge in [-0.3, -0.25) is 4.57 Å². The third-order valence-electron chi connectivity index (χ3n) is 5.22. The average molecular weight is 407 g/mol. The van der Waals surface area contributed by atoms with Gasteiger partial charge in [0.1, 0.15) is 0 Å². The van der Waals surface area contributed by atoms with Crippen molar-refractivity contribution >= 4 is 26.6 Å². The van der Waals surface area contributed by atoms with E-state index in [4.69, 9.17) is 0 Å². The molecule has 0 amide bonds. The number of fused-ring (bicyclic) bond motifs is 1. The summed E-state index contributed by atoms with van der Waals surface area (Å²) in [4.78, 5) is 16.9. The number of para-hydroxylation sites is 2. The van der Waals surface area contributed by atoms with Crippen LogP contribution in [0.25, 0.3) is 11.0 Å². The summed E-state index contributed by atoms with van der Waals surface area (Å²) in [5.41, 5.74) is 2.34. The molecule has 2 aromatic carbocycles. The van der Waals surface area contributed by atoms with E-state index in [0.29, 0.717) is 13.1 Å². The van der Waals surface area contributed by atoms with Crippen LogP contribution in [0.3, 0.4) is 0 Å². The summed E-state index contributed by atoms with van der Waals surface area (Å²) in [6.45, 7) is 1.36. The summed E-state index contributed by atoms with van der Waals surface area (Å²) in [6.07, 6.45) is 1.50. The molecule has 1 aromatic heterocycles. The minimum absolute atomic E-state index is 0.0679. The van der Waals surface area contributed by atoms with Crippen LogP contribution < -0.4 is 10.6 Å². The van der Waals surface area contributed by atoms with Gasteiger partial charge in [0.2, 0.25) is 9.84 Å². The molecule has 0 aliphatic carbocycles. The number of H-pyrrole nitrogens is 1. The molecule has 1 aliphatic rings. The van der Waals surface area contributed by atoms with Gasteiger partial charge in [-0.25, -0.2) is 13.2 Å². The predicted octanol–water partition coefficient (Wildman–Crippen LogP) is 3.17. The standard InChI is InChI=1S/C19H19F2N3O3S/c20-18(21)28(26,27)15-7-5-13(6-8-15)23-11-9-14(10-12-23)24-17-4-2-1-3-16(17)22-19(24)25/h1-8,14,18H,9-12H2,(H,22,25). The molecule has 1 saturated heterocycles. The highest BCUT2D eigenvalue weighted by Crippen LogP contribution is 2.29. The molecule has 28 heavy (non-hydrogen) atoms. The summed E-state index contributed by atoms with van der Waals surface area (Å²) in [7, 11) is -4.58. The zero-order valence-corrected chi connectivity index (χ0v) is 15.7. The number of sulfone groups is 1. The van der Waals surface area contributed by atoms with Gasteiger partial charge in [0.15, 0.2) is 0 Å². The van der Waals surface area contributed by atoms with Gasteiger partial charge in [-0.2, -0.15) is 8.78 Å². The van der Waals surface area contributed by atoms with Crippen LogP contribution in [-0.2, 0) is 9.84 Å². The third kappa shape index (κ3) is 3.19. The lowest BCUT2D eigenvalue weighted by molar-refractivity contribution is 0.234. The number of alkyl halides is 2. The molecule has 0 spiro atoms. The first kappa shape index (κ1) is 18.7.